The zero-order valence-corrected chi connectivity index (χ0v) is 14.0. The van der Waals surface area contributed by atoms with Crippen LogP contribution < -0.4 is 10.4 Å². The van der Waals surface area contributed by atoms with Crippen molar-refractivity contribution in [1.82, 2.24) is 9.29 Å². The topological polar surface area (TPSA) is 89.7 Å². The van der Waals surface area contributed by atoms with Gasteiger partial charge in [0, 0.05) is 31.5 Å². The SMILES string of the molecule is Cc1cc(OC2CCN(S(=O)(=O)c3cccnc3)CC2)cc(=O)o1. The number of aromatic nitrogens is 1. The number of sulfonamides is 1. The smallest absolute Gasteiger partial charge is 0.339 e. The number of ether oxygens (including phenoxy) is 1. The summed E-state index contributed by atoms with van der Waals surface area (Å²) in [6, 6.07) is 6.09. The van der Waals surface area contributed by atoms with Crippen LogP contribution in [0.15, 0.2) is 50.8 Å². The largest absolute Gasteiger partial charge is 0.490 e. The van der Waals surface area contributed by atoms with Gasteiger partial charge in [-0.25, -0.2) is 13.2 Å². The van der Waals surface area contributed by atoms with Crippen LogP contribution in [0, 0.1) is 6.92 Å². The van der Waals surface area contributed by atoms with E-state index < -0.39 is 15.6 Å². The van der Waals surface area contributed by atoms with Crippen molar-refractivity contribution in [3.05, 3.63) is 52.8 Å². The quantitative estimate of drug-likeness (QED) is 0.831. The maximum absolute atomic E-state index is 12.5. The van der Waals surface area contributed by atoms with E-state index in [1.165, 1.54) is 28.8 Å². The average Bonchev–Trinajstić information content (AvgIpc) is 2.55. The molecule has 0 atom stereocenters. The van der Waals surface area contributed by atoms with Gasteiger partial charge in [-0.1, -0.05) is 0 Å². The predicted octanol–water partition coefficient (Wildman–Crippen LogP) is 1.58. The summed E-state index contributed by atoms with van der Waals surface area (Å²) >= 11 is 0. The Morgan fingerprint density at radius 2 is 2.04 bits per heavy atom. The van der Waals surface area contributed by atoms with Crippen LogP contribution in [0.2, 0.25) is 0 Å². The van der Waals surface area contributed by atoms with Crippen molar-refractivity contribution >= 4 is 10.0 Å². The van der Waals surface area contributed by atoms with Gasteiger partial charge in [0.25, 0.3) is 0 Å². The fourth-order valence-electron chi connectivity index (χ4n) is 2.68. The molecular formula is C16H18N2O5S. The zero-order valence-electron chi connectivity index (χ0n) is 13.2. The van der Waals surface area contributed by atoms with Crippen molar-refractivity contribution in [2.75, 3.05) is 13.1 Å². The second-order valence-corrected chi connectivity index (χ2v) is 7.57. The molecule has 2 aromatic rings. The Morgan fingerprint density at radius 1 is 1.29 bits per heavy atom. The fourth-order valence-corrected chi connectivity index (χ4v) is 4.11. The first-order valence-corrected chi connectivity index (χ1v) is 9.08. The lowest BCUT2D eigenvalue weighted by molar-refractivity contribution is 0.134. The molecule has 0 aliphatic carbocycles. The highest BCUT2D eigenvalue weighted by Gasteiger charge is 2.30. The van der Waals surface area contributed by atoms with Crippen LogP contribution in [-0.2, 0) is 10.0 Å². The summed E-state index contributed by atoms with van der Waals surface area (Å²) in [7, 11) is -3.52. The van der Waals surface area contributed by atoms with E-state index in [0.29, 0.717) is 37.4 Å². The molecular weight excluding hydrogens is 332 g/mol. The Kier molecular flexibility index (Phi) is 4.68. The van der Waals surface area contributed by atoms with E-state index >= 15 is 0 Å². The van der Waals surface area contributed by atoms with E-state index in [4.69, 9.17) is 9.15 Å². The van der Waals surface area contributed by atoms with Gasteiger partial charge in [0.05, 0.1) is 6.07 Å². The molecule has 24 heavy (non-hydrogen) atoms. The molecule has 1 saturated heterocycles. The molecule has 0 saturated carbocycles. The molecule has 0 amide bonds. The minimum atomic E-state index is -3.52. The summed E-state index contributed by atoms with van der Waals surface area (Å²) in [6.07, 6.45) is 3.87. The molecule has 3 rings (SSSR count). The Hall–Kier alpha value is -2.19. The third kappa shape index (κ3) is 3.65. The first kappa shape index (κ1) is 16.7. The van der Waals surface area contributed by atoms with Gasteiger partial charge in [-0.2, -0.15) is 4.31 Å². The second kappa shape index (κ2) is 6.74. The number of piperidine rings is 1. The fraction of sp³-hybridized carbons (Fsp3) is 0.375. The van der Waals surface area contributed by atoms with Crippen molar-refractivity contribution in [3.8, 4) is 5.75 Å². The Morgan fingerprint density at radius 3 is 2.67 bits per heavy atom. The molecule has 1 fully saturated rings. The monoisotopic (exact) mass is 350 g/mol. The zero-order chi connectivity index (χ0) is 17.2. The van der Waals surface area contributed by atoms with Gasteiger partial charge in [0.2, 0.25) is 10.0 Å². The normalized spacial score (nSPS) is 16.9. The van der Waals surface area contributed by atoms with Crippen LogP contribution in [0.4, 0.5) is 0 Å². The predicted molar refractivity (Wildman–Crippen MR) is 86.4 cm³/mol. The third-order valence-electron chi connectivity index (χ3n) is 3.84. The lowest BCUT2D eigenvalue weighted by atomic mass is 10.1. The second-order valence-electron chi connectivity index (χ2n) is 5.63. The Labute approximate surface area is 139 Å². The molecule has 0 bridgehead atoms. The molecule has 128 valence electrons. The molecule has 0 spiro atoms. The van der Waals surface area contributed by atoms with Crippen LogP contribution in [-0.4, -0.2) is 36.9 Å². The summed E-state index contributed by atoms with van der Waals surface area (Å²) in [4.78, 5) is 15.4. The molecule has 0 radical (unpaired) electrons. The maximum Gasteiger partial charge on any atom is 0.339 e. The van der Waals surface area contributed by atoms with Gasteiger partial charge in [0.15, 0.2) is 0 Å². The standard InChI is InChI=1S/C16H18N2O5S/c1-12-9-14(10-16(19)22-12)23-13-4-7-18(8-5-13)24(20,21)15-3-2-6-17-11-15/h2-3,6,9-11,13H,4-5,7-8H2,1H3. The van der Waals surface area contributed by atoms with E-state index in [2.05, 4.69) is 4.98 Å². The van der Waals surface area contributed by atoms with Gasteiger partial charge in [-0.3, -0.25) is 4.98 Å². The number of rotatable bonds is 4. The van der Waals surface area contributed by atoms with Gasteiger partial charge >= 0.3 is 5.63 Å². The number of hydrogen-bond donors (Lipinski definition) is 0. The van der Waals surface area contributed by atoms with E-state index in [0.717, 1.165) is 0 Å². The van der Waals surface area contributed by atoms with Crippen LogP contribution >= 0.6 is 0 Å². The van der Waals surface area contributed by atoms with Crippen molar-refractivity contribution in [2.24, 2.45) is 0 Å². The average molecular weight is 350 g/mol. The minimum Gasteiger partial charge on any atom is -0.490 e. The Balaban J connectivity index is 1.64. The first-order valence-electron chi connectivity index (χ1n) is 7.64. The van der Waals surface area contributed by atoms with Crippen molar-refractivity contribution in [3.63, 3.8) is 0 Å². The minimum absolute atomic E-state index is 0.133. The maximum atomic E-state index is 12.5. The summed E-state index contributed by atoms with van der Waals surface area (Å²) in [5.41, 5.74) is -0.457. The van der Waals surface area contributed by atoms with Crippen molar-refractivity contribution in [1.29, 1.82) is 0 Å². The molecule has 7 nitrogen and oxygen atoms in total. The van der Waals surface area contributed by atoms with Crippen LogP contribution in [0.3, 0.4) is 0 Å². The highest BCUT2D eigenvalue weighted by atomic mass is 32.2. The van der Waals surface area contributed by atoms with Gasteiger partial charge in [-0.15, -0.1) is 0 Å². The molecule has 3 heterocycles. The summed E-state index contributed by atoms with van der Waals surface area (Å²) in [6.45, 7) is 2.40. The molecule has 0 aromatic carbocycles. The number of aryl methyl sites for hydroxylation is 1. The van der Waals surface area contributed by atoms with Gasteiger partial charge in [-0.05, 0) is 31.9 Å². The van der Waals surface area contributed by atoms with Crippen LogP contribution in [0.5, 0.6) is 5.75 Å². The molecule has 1 aliphatic heterocycles. The van der Waals surface area contributed by atoms with Gasteiger partial charge in [0.1, 0.15) is 22.5 Å². The van der Waals surface area contributed by atoms with Crippen LogP contribution in [0.1, 0.15) is 18.6 Å². The first-order chi connectivity index (χ1) is 11.4. The van der Waals surface area contributed by atoms with Gasteiger partial charge < -0.3 is 9.15 Å². The Bertz CT molecular complexity index is 856. The molecule has 1 aliphatic rings. The molecule has 2 aromatic heterocycles. The van der Waals surface area contributed by atoms with Crippen molar-refractivity contribution < 1.29 is 17.6 Å². The highest BCUT2D eigenvalue weighted by molar-refractivity contribution is 7.89. The van der Waals surface area contributed by atoms with E-state index in [1.54, 1.807) is 19.1 Å². The molecule has 8 heteroatoms. The lowest BCUT2D eigenvalue weighted by Crippen LogP contribution is -2.41. The highest BCUT2D eigenvalue weighted by Crippen LogP contribution is 2.23. The summed E-state index contributed by atoms with van der Waals surface area (Å²) in [5.74, 6) is 0.936. The molecule has 0 unspecified atom stereocenters. The number of nitrogens with zero attached hydrogens (tertiary/aromatic N) is 2. The van der Waals surface area contributed by atoms with Crippen molar-refractivity contribution in [2.45, 2.75) is 30.8 Å². The number of hydrogen-bond acceptors (Lipinski definition) is 6. The van der Waals surface area contributed by atoms with Crippen LogP contribution in [0.25, 0.3) is 0 Å². The van der Waals surface area contributed by atoms with E-state index in [1.807, 2.05) is 0 Å². The number of pyridine rings is 1. The molecule has 0 N–H and O–H groups in total. The summed E-state index contributed by atoms with van der Waals surface area (Å²) in [5, 5.41) is 0. The summed E-state index contributed by atoms with van der Waals surface area (Å²) < 4.78 is 37.2. The van der Waals surface area contributed by atoms with E-state index in [9.17, 15) is 13.2 Å². The lowest BCUT2D eigenvalue weighted by Gasteiger charge is -2.31. The third-order valence-corrected chi connectivity index (χ3v) is 5.73. The van der Waals surface area contributed by atoms with E-state index in [-0.39, 0.29) is 11.0 Å².